The summed E-state index contributed by atoms with van der Waals surface area (Å²) in [6, 6.07) is 17.5. The van der Waals surface area contributed by atoms with Crippen LogP contribution in [-0.4, -0.2) is 45.7 Å². The summed E-state index contributed by atoms with van der Waals surface area (Å²) >= 11 is 0. The minimum atomic E-state index is -0.477. The lowest BCUT2D eigenvalue weighted by Gasteiger charge is -2.51. The molecule has 2 aromatic carbocycles. The quantitative estimate of drug-likeness (QED) is 0.628. The fraction of sp³-hybridized carbons (Fsp3) is 0.407. The number of nitrogens with zero attached hydrogens (tertiary/aromatic N) is 2. The lowest BCUT2D eigenvalue weighted by molar-refractivity contribution is 0.0135. The molecule has 172 valence electrons. The number of rotatable bonds is 5. The number of amides is 1. The van der Waals surface area contributed by atoms with Crippen molar-refractivity contribution in [3.63, 3.8) is 0 Å². The number of carbonyl (C=O) groups excluding carboxylic acids is 1. The van der Waals surface area contributed by atoms with Crippen molar-refractivity contribution in [2.24, 2.45) is 5.92 Å². The van der Waals surface area contributed by atoms with Crippen LogP contribution in [0.4, 0.5) is 0 Å². The fourth-order valence-electron chi connectivity index (χ4n) is 5.77. The maximum Gasteiger partial charge on any atom is 0.267 e. The van der Waals surface area contributed by atoms with Gasteiger partial charge in [-0.25, -0.2) is 0 Å². The van der Waals surface area contributed by atoms with E-state index >= 15 is 0 Å². The number of benzene rings is 2. The Morgan fingerprint density at radius 3 is 2.42 bits per heavy atom. The molecule has 4 heterocycles. The number of nitrogens with one attached hydrogen (secondary N) is 1. The van der Waals surface area contributed by atoms with Crippen LogP contribution in [0.15, 0.2) is 59.4 Å². The Kier molecular flexibility index (Phi) is 5.71. The Balaban J connectivity index is 1.51. The van der Waals surface area contributed by atoms with Gasteiger partial charge in [-0.05, 0) is 69.8 Å². The van der Waals surface area contributed by atoms with Gasteiger partial charge in [0.15, 0.2) is 0 Å². The number of aromatic nitrogens is 1. The van der Waals surface area contributed by atoms with E-state index in [1.54, 1.807) is 16.7 Å². The molecule has 2 bridgehead atoms. The average Bonchev–Trinajstić information content (AvgIpc) is 2.82. The normalized spacial score (nSPS) is 24.3. The molecule has 2 atom stereocenters. The van der Waals surface area contributed by atoms with Crippen molar-refractivity contribution in [2.45, 2.75) is 51.2 Å². The van der Waals surface area contributed by atoms with E-state index in [1.165, 1.54) is 5.56 Å². The molecule has 0 saturated carbocycles. The standard InChI is InChI=1S/C27H31N3O3/c1-17(2)30-21-11-7-6-10-20(21)25(31)23(27(30)33)26(32)28-24-19-12-14-29(15-13-19)22(24)16-18-8-4-3-5-9-18/h3-11,17,19,22,24,31H,12-16H2,1-2H3,(H,28,32). The van der Waals surface area contributed by atoms with E-state index in [9.17, 15) is 14.7 Å². The van der Waals surface area contributed by atoms with Gasteiger partial charge >= 0.3 is 0 Å². The van der Waals surface area contributed by atoms with Crippen LogP contribution in [-0.2, 0) is 6.42 Å². The van der Waals surface area contributed by atoms with Gasteiger partial charge in [0.2, 0.25) is 0 Å². The molecule has 0 spiro atoms. The van der Waals surface area contributed by atoms with Gasteiger partial charge in [0, 0.05) is 23.5 Å². The summed E-state index contributed by atoms with van der Waals surface area (Å²) in [5.74, 6) is -0.331. The highest BCUT2D eigenvalue weighted by Crippen LogP contribution is 2.35. The minimum absolute atomic E-state index is 0.0574. The molecule has 1 amide bonds. The molecule has 0 aliphatic carbocycles. The van der Waals surface area contributed by atoms with Crippen LogP contribution in [0.3, 0.4) is 0 Å². The Bertz CT molecular complexity index is 1230. The molecule has 3 aliphatic rings. The molecule has 3 aliphatic heterocycles. The van der Waals surface area contributed by atoms with Gasteiger partial charge in [-0.2, -0.15) is 0 Å². The topological polar surface area (TPSA) is 74.6 Å². The summed E-state index contributed by atoms with van der Waals surface area (Å²) < 4.78 is 1.60. The van der Waals surface area contributed by atoms with Crippen LogP contribution in [0.2, 0.25) is 0 Å². The van der Waals surface area contributed by atoms with Crippen LogP contribution in [0.1, 0.15) is 48.7 Å². The van der Waals surface area contributed by atoms with E-state index in [0.717, 1.165) is 32.4 Å². The average molecular weight is 446 g/mol. The molecule has 3 fully saturated rings. The molecule has 3 saturated heterocycles. The first-order valence-corrected chi connectivity index (χ1v) is 11.9. The van der Waals surface area contributed by atoms with E-state index in [4.69, 9.17) is 0 Å². The van der Waals surface area contributed by atoms with Crippen molar-refractivity contribution in [3.8, 4) is 5.75 Å². The molecule has 2 N–H and O–H groups in total. The van der Waals surface area contributed by atoms with Crippen molar-refractivity contribution in [1.82, 2.24) is 14.8 Å². The van der Waals surface area contributed by atoms with Gasteiger partial charge in [0.05, 0.1) is 5.52 Å². The lowest BCUT2D eigenvalue weighted by atomic mass is 9.76. The molecule has 6 heteroatoms. The second-order valence-electron chi connectivity index (χ2n) is 9.64. The molecule has 3 aromatic rings. The van der Waals surface area contributed by atoms with Crippen LogP contribution in [0.5, 0.6) is 5.75 Å². The predicted molar refractivity (Wildman–Crippen MR) is 130 cm³/mol. The lowest BCUT2D eigenvalue weighted by Crippen LogP contribution is -2.64. The minimum Gasteiger partial charge on any atom is -0.506 e. The number of para-hydroxylation sites is 1. The van der Waals surface area contributed by atoms with Crippen LogP contribution in [0, 0.1) is 5.92 Å². The van der Waals surface area contributed by atoms with Gasteiger partial charge in [-0.3, -0.25) is 14.5 Å². The van der Waals surface area contributed by atoms with Gasteiger partial charge in [0.25, 0.3) is 11.5 Å². The fourth-order valence-corrected chi connectivity index (χ4v) is 5.77. The van der Waals surface area contributed by atoms with E-state index in [2.05, 4.69) is 22.3 Å². The van der Waals surface area contributed by atoms with Crippen LogP contribution >= 0.6 is 0 Å². The summed E-state index contributed by atoms with van der Waals surface area (Å²) in [4.78, 5) is 29.4. The third kappa shape index (κ3) is 3.82. The Morgan fingerprint density at radius 1 is 1.06 bits per heavy atom. The first-order chi connectivity index (χ1) is 16.0. The van der Waals surface area contributed by atoms with E-state index < -0.39 is 11.5 Å². The molecule has 6 rings (SSSR count). The summed E-state index contributed by atoms with van der Waals surface area (Å²) in [5.41, 5.74) is 1.28. The smallest absolute Gasteiger partial charge is 0.267 e. The van der Waals surface area contributed by atoms with Crippen molar-refractivity contribution < 1.29 is 9.90 Å². The summed E-state index contributed by atoms with van der Waals surface area (Å²) in [6.07, 6.45) is 2.93. The number of fused-ring (bicyclic) bond motifs is 4. The van der Waals surface area contributed by atoms with Gasteiger partial charge in [-0.15, -0.1) is 0 Å². The molecular formula is C27H31N3O3. The Hall–Kier alpha value is -3.12. The molecule has 2 unspecified atom stereocenters. The molecule has 33 heavy (non-hydrogen) atoms. The number of pyridine rings is 1. The first-order valence-electron chi connectivity index (χ1n) is 11.9. The highest BCUT2D eigenvalue weighted by Gasteiger charge is 2.43. The number of hydrogen-bond acceptors (Lipinski definition) is 4. The summed E-state index contributed by atoms with van der Waals surface area (Å²) in [6.45, 7) is 5.90. The molecule has 6 nitrogen and oxygen atoms in total. The Morgan fingerprint density at radius 2 is 1.73 bits per heavy atom. The first kappa shape index (κ1) is 21.7. The highest BCUT2D eigenvalue weighted by atomic mass is 16.3. The zero-order chi connectivity index (χ0) is 23.1. The maximum absolute atomic E-state index is 13.5. The summed E-state index contributed by atoms with van der Waals surface area (Å²) in [7, 11) is 0. The second-order valence-corrected chi connectivity index (χ2v) is 9.64. The largest absolute Gasteiger partial charge is 0.506 e. The van der Waals surface area contributed by atoms with E-state index in [1.807, 2.05) is 44.2 Å². The SMILES string of the molecule is CC(C)n1c(=O)c(C(=O)NC2C3CCN(CC3)C2Cc2ccccc2)c(O)c2ccccc21. The monoisotopic (exact) mass is 445 g/mol. The molecule has 1 aromatic heterocycles. The van der Waals surface area contributed by atoms with Crippen molar-refractivity contribution >= 4 is 16.8 Å². The number of hydrogen-bond donors (Lipinski definition) is 2. The number of piperidine rings is 3. The van der Waals surface area contributed by atoms with Crippen molar-refractivity contribution in [3.05, 3.63) is 76.1 Å². The van der Waals surface area contributed by atoms with E-state index in [-0.39, 0.29) is 29.4 Å². The van der Waals surface area contributed by atoms with Crippen LogP contribution < -0.4 is 10.9 Å². The molecular weight excluding hydrogens is 414 g/mol. The van der Waals surface area contributed by atoms with Gasteiger partial charge in [-0.1, -0.05) is 42.5 Å². The van der Waals surface area contributed by atoms with Gasteiger partial charge in [0.1, 0.15) is 11.3 Å². The summed E-state index contributed by atoms with van der Waals surface area (Å²) in [5, 5.41) is 14.7. The predicted octanol–water partition coefficient (Wildman–Crippen LogP) is 3.72. The Labute approximate surface area is 193 Å². The maximum atomic E-state index is 13.5. The zero-order valence-corrected chi connectivity index (χ0v) is 19.2. The van der Waals surface area contributed by atoms with Crippen LogP contribution in [0.25, 0.3) is 10.9 Å². The number of aromatic hydroxyl groups is 1. The third-order valence-electron chi connectivity index (χ3n) is 7.38. The third-order valence-corrected chi connectivity index (χ3v) is 7.38. The second kappa shape index (κ2) is 8.67. The zero-order valence-electron chi connectivity index (χ0n) is 19.2. The highest BCUT2D eigenvalue weighted by molar-refractivity contribution is 6.02. The van der Waals surface area contributed by atoms with Gasteiger partial charge < -0.3 is 15.0 Å². The van der Waals surface area contributed by atoms with Crippen molar-refractivity contribution in [1.29, 1.82) is 0 Å². The molecule has 0 radical (unpaired) electrons. The van der Waals surface area contributed by atoms with E-state index in [0.29, 0.717) is 16.8 Å². The van der Waals surface area contributed by atoms with Crippen molar-refractivity contribution in [2.75, 3.05) is 13.1 Å². The number of carbonyl (C=O) groups is 1.